The number of rotatable bonds is 4. The Balaban J connectivity index is 1.82. The Morgan fingerprint density at radius 2 is 1.92 bits per heavy atom. The monoisotopic (exact) mass is 341 g/mol. The Morgan fingerprint density at radius 3 is 2.60 bits per heavy atom. The van der Waals surface area contributed by atoms with Crippen LogP contribution >= 0.6 is 0 Å². The lowest BCUT2D eigenvalue weighted by atomic mass is 10.1. The van der Waals surface area contributed by atoms with Crippen molar-refractivity contribution in [1.82, 2.24) is 5.32 Å². The zero-order chi connectivity index (χ0) is 18.1. The maximum absolute atomic E-state index is 13.8. The van der Waals surface area contributed by atoms with E-state index < -0.39 is 17.9 Å². The first-order valence-electron chi connectivity index (χ1n) is 7.41. The number of hydrogen-bond acceptors (Lipinski definition) is 4. The van der Waals surface area contributed by atoms with Crippen molar-refractivity contribution < 1.29 is 23.5 Å². The van der Waals surface area contributed by atoms with Crippen LogP contribution in [0, 0.1) is 17.7 Å². The number of benzene rings is 2. The molecule has 0 heterocycles. The summed E-state index contributed by atoms with van der Waals surface area (Å²) in [7, 11) is 1.22. The Hall–Kier alpha value is -3.33. The molecule has 5 nitrogen and oxygen atoms in total. The molecule has 1 N–H and O–H groups in total. The molecular formula is C19H16FNO4. The number of nitrogens with one attached hydrogen (secondary N) is 1. The highest BCUT2D eigenvalue weighted by Gasteiger charge is 2.08. The third-order valence-electron chi connectivity index (χ3n) is 3.15. The second-order valence-electron chi connectivity index (χ2n) is 4.90. The van der Waals surface area contributed by atoms with Gasteiger partial charge in [0, 0.05) is 0 Å². The van der Waals surface area contributed by atoms with Crippen molar-refractivity contribution in [2.24, 2.45) is 0 Å². The maximum atomic E-state index is 13.8. The van der Waals surface area contributed by atoms with E-state index in [1.807, 2.05) is 30.3 Å². The summed E-state index contributed by atoms with van der Waals surface area (Å²) in [5.41, 5.74) is 1.09. The van der Waals surface area contributed by atoms with Gasteiger partial charge in [-0.25, -0.2) is 14.0 Å². The smallest absolute Gasteiger partial charge is 0.408 e. The van der Waals surface area contributed by atoms with Gasteiger partial charge in [0.05, 0.1) is 24.8 Å². The van der Waals surface area contributed by atoms with Gasteiger partial charge in [0.2, 0.25) is 0 Å². The SMILES string of the molecule is COC(=O)c1ccc(C#CCNC(=O)OCc2ccccc2)c(F)c1. The summed E-state index contributed by atoms with van der Waals surface area (Å²) in [5, 5.41) is 2.45. The molecule has 128 valence electrons. The molecule has 0 aliphatic heterocycles. The van der Waals surface area contributed by atoms with Gasteiger partial charge in [-0.05, 0) is 23.8 Å². The molecule has 0 aliphatic rings. The molecule has 25 heavy (non-hydrogen) atoms. The van der Waals surface area contributed by atoms with Crippen molar-refractivity contribution >= 4 is 12.1 Å². The van der Waals surface area contributed by atoms with Crippen LogP contribution in [0.2, 0.25) is 0 Å². The minimum atomic E-state index is -0.637. The van der Waals surface area contributed by atoms with Crippen molar-refractivity contribution in [1.29, 1.82) is 0 Å². The van der Waals surface area contributed by atoms with Crippen molar-refractivity contribution in [3.05, 3.63) is 71.0 Å². The molecule has 6 heteroatoms. The van der Waals surface area contributed by atoms with E-state index in [0.717, 1.165) is 11.6 Å². The molecule has 0 aliphatic carbocycles. The summed E-state index contributed by atoms with van der Waals surface area (Å²) in [6.45, 7) is 0.162. The summed E-state index contributed by atoms with van der Waals surface area (Å²) in [5.74, 6) is 3.93. The van der Waals surface area contributed by atoms with Gasteiger partial charge in [-0.2, -0.15) is 0 Å². The van der Waals surface area contributed by atoms with Crippen LogP contribution in [0.5, 0.6) is 0 Å². The third-order valence-corrected chi connectivity index (χ3v) is 3.15. The van der Waals surface area contributed by atoms with Crippen molar-refractivity contribution in [3.63, 3.8) is 0 Å². The fourth-order valence-corrected chi connectivity index (χ4v) is 1.89. The number of amides is 1. The van der Waals surface area contributed by atoms with Gasteiger partial charge in [-0.15, -0.1) is 0 Å². The average molecular weight is 341 g/mol. The van der Waals surface area contributed by atoms with Crippen LogP contribution in [0.1, 0.15) is 21.5 Å². The van der Waals surface area contributed by atoms with E-state index in [0.29, 0.717) is 0 Å². The molecule has 0 fully saturated rings. The minimum absolute atomic E-state index is 0.00577. The number of methoxy groups -OCH3 is 1. The summed E-state index contributed by atoms with van der Waals surface area (Å²) >= 11 is 0. The van der Waals surface area contributed by atoms with Crippen molar-refractivity contribution in [3.8, 4) is 11.8 Å². The van der Waals surface area contributed by atoms with E-state index in [2.05, 4.69) is 21.9 Å². The van der Waals surface area contributed by atoms with Crippen LogP contribution in [0.3, 0.4) is 0 Å². The van der Waals surface area contributed by atoms with Crippen molar-refractivity contribution in [2.75, 3.05) is 13.7 Å². The lowest BCUT2D eigenvalue weighted by Crippen LogP contribution is -2.24. The second kappa shape index (κ2) is 9.08. The van der Waals surface area contributed by atoms with E-state index in [-0.39, 0.29) is 24.3 Å². The summed E-state index contributed by atoms with van der Waals surface area (Å²) in [6, 6.07) is 13.1. The van der Waals surface area contributed by atoms with Gasteiger partial charge < -0.3 is 14.8 Å². The highest BCUT2D eigenvalue weighted by Crippen LogP contribution is 2.10. The lowest BCUT2D eigenvalue weighted by Gasteiger charge is -2.04. The fraction of sp³-hybridized carbons (Fsp3) is 0.158. The highest BCUT2D eigenvalue weighted by molar-refractivity contribution is 5.89. The number of carbonyl (C=O) groups is 2. The van der Waals surface area contributed by atoms with E-state index in [1.54, 1.807) is 0 Å². The van der Waals surface area contributed by atoms with Gasteiger partial charge in [0.1, 0.15) is 12.4 Å². The van der Waals surface area contributed by atoms with Gasteiger partial charge in [-0.1, -0.05) is 42.2 Å². The topological polar surface area (TPSA) is 64.6 Å². The number of ether oxygens (including phenoxy) is 2. The first-order chi connectivity index (χ1) is 12.1. The summed E-state index contributed by atoms with van der Waals surface area (Å²) in [4.78, 5) is 22.8. The second-order valence-corrected chi connectivity index (χ2v) is 4.90. The first kappa shape index (κ1) is 18.0. The molecule has 0 radical (unpaired) electrons. The van der Waals surface area contributed by atoms with Crippen LogP contribution in [0.15, 0.2) is 48.5 Å². The Bertz CT molecular complexity index is 809. The van der Waals surface area contributed by atoms with Gasteiger partial charge in [0.15, 0.2) is 0 Å². The molecule has 0 atom stereocenters. The molecule has 2 aromatic rings. The minimum Gasteiger partial charge on any atom is -0.465 e. The van der Waals surface area contributed by atoms with Crippen LogP contribution in [-0.4, -0.2) is 25.7 Å². The molecule has 0 bridgehead atoms. The van der Waals surface area contributed by atoms with Gasteiger partial charge in [0.25, 0.3) is 0 Å². The number of esters is 1. The molecule has 2 rings (SSSR count). The number of carbonyl (C=O) groups excluding carboxylic acids is 2. The Kier molecular flexibility index (Phi) is 6.55. The zero-order valence-electron chi connectivity index (χ0n) is 13.5. The number of alkyl carbamates (subject to hydrolysis) is 1. The first-order valence-corrected chi connectivity index (χ1v) is 7.41. The van der Waals surface area contributed by atoms with E-state index in [4.69, 9.17) is 4.74 Å². The third kappa shape index (κ3) is 5.66. The molecule has 0 spiro atoms. The van der Waals surface area contributed by atoms with Crippen LogP contribution in [-0.2, 0) is 16.1 Å². The van der Waals surface area contributed by atoms with Crippen LogP contribution in [0.25, 0.3) is 0 Å². The van der Waals surface area contributed by atoms with Gasteiger partial charge >= 0.3 is 12.1 Å². The molecule has 2 aromatic carbocycles. The summed E-state index contributed by atoms with van der Waals surface area (Å²) in [6.07, 6.45) is -0.611. The molecule has 0 aromatic heterocycles. The number of hydrogen-bond donors (Lipinski definition) is 1. The molecule has 1 amide bonds. The fourth-order valence-electron chi connectivity index (χ4n) is 1.89. The van der Waals surface area contributed by atoms with Crippen LogP contribution in [0.4, 0.5) is 9.18 Å². The van der Waals surface area contributed by atoms with Crippen LogP contribution < -0.4 is 5.32 Å². The maximum Gasteiger partial charge on any atom is 0.408 e. The predicted octanol–water partition coefficient (Wildman–Crippen LogP) is 2.89. The zero-order valence-corrected chi connectivity index (χ0v) is 13.5. The molecule has 0 saturated heterocycles. The summed E-state index contributed by atoms with van der Waals surface area (Å²) < 4.78 is 23.3. The molecule has 0 unspecified atom stereocenters. The van der Waals surface area contributed by atoms with Gasteiger partial charge in [-0.3, -0.25) is 0 Å². The average Bonchev–Trinajstić information content (AvgIpc) is 2.64. The van der Waals surface area contributed by atoms with E-state index in [1.165, 1.54) is 19.2 Å². The highest BCUT2D eigenvalue weighted by atomic mass is 19.1. The normalized spacial score (nSPS) is 9.52. The van der Waals surface area contributed by atoms with E-state index >= 15 is 0 Å². The molecule has 0 saturated carbocycles. The van der Waals surface area contributed by atoms with E-state index in [9.17, 15) is 14.0 Å². The number of halogens is 1. The Morgan fingerprint density at radius 1 is 1.16 bits per heavy atom. The molecular weight excluding hydrogens is 325 g/mol. The largest absolute Gasteiger partial charge is 0.465 e. The standard InChI is InChI=1S/C19H16FNO4/c1-24-18(22)16-10-9-15(17(20)12-16)8-5-11-21-19(23)25-13-14-6-3-2-4-7-14/h2-4,6-7,9-10,12H,11,13H2,1H3,(H,21,23). The predicted molar refractivity (Wildman–Crippen MR) is 89.2 cm³/mol. The quantitative estimate of drug-likeness (QED) is 0.686. The van der Waals surface area contributed by atoms with Crippen molar-refractivity contribution in [2.45, 2.75) is 6.61 Å². The Labute approximate surface area is 144 Å². The lowest BCUT2D eigenvalue weighted by molar-refractivity contribution is 0.0600.